The van der Waals surface area contributed by atoms with Gasteiger partial charge in [0.25, 0.3) is 0 Å². The number of hydrogen-bond acceptors (Lipinski definition) is 2. The summed E-state index contributed by atoms with van der Waals surface area (Å²) in [7, 11) is 0. The maximum atomic E-state index is 11.6. The molecule has 1 saturated heterocycles. The molecule has 106 valence electrons. The Morgan fingerprint density at radius 2 is 2.30 bits per heavy atom. The number of aliphatic carboxylic acids is 1. The third kappa shape index (κ3) is 2.31. The van der Waals surface area contributed by atoms with Crippen molar-refractivity contribution in [2.45, 2.75) is 38.3 Å². The van der Waals surface area contributed by atoms with E-state index in [1.54, 1.807) is 0 Å². The molecule has 2 aromatic rings. The number of hydrogen-bond donors (Lipinski definition) is 2. The van der Waals surface area contributed by atoms with Crippen molar-refractivity contribution in [3.05, 3.63) is 36.0 Å². The van der Waals surface area contributed by atoms with Crippen LogP contribution in [0.25, 0.3) is 10.9 Å². The Morgan fingerprint density at radius 3 is 3.00 bits per heavy atom. The molecule has 0 bridgehead atoms. The highest BCUT2D eigenvalue weighted by molar-refractivity contribution is 5.84. The SMILES string of the molecule is CC1CCCN1C(Cc1c[nH]c2ccccc12)C(=O)O. The van der Waals surface area contributed by atoms with E-state index in [4.69, 9.17) is 0 Å². The van der Waals surface area contributed by atoms with Crippen LogP contribution >= 0.6 is 0 Å². The van der Waals surface area contributed by atoms with Crippen molar-refractivity contribution >= 4 is 16.9 Å². The average molecular weight is 272 g/mol. The standard InChI is InChI=1S/C16H20N2O2/c1-11-5-4-8-18(11)15(16(19)20)9-12-10-17-14-7-3-2-6-13(12)14/h2-3,6-7,10-11,15,17H,4-5,8-9H2,1H3,(H,19,20). The van der Waals surface area contributed by atoms with Crippen molar-refractivity contribution in [1.29, 1.82) is 0 Å². The highest BCUT2D eigenvalue weighted by Crippen LogP contribution is 2.25. The number of carboxylic acid groups (broad SMARTS) is 1. The zero-order valence-corrected chi connectivity index (χ0v) is 11.7. The summed E-state index contributed by atoms with van der Waals surface area (Å²) < 4.78 is 0. The fourth-order valence-corrected chi connectivity index (χ4v) is 3.27. The van der Waals surface area contributed by atoms with Gasteiger partial charge in [-0.3, -0.25) is 9.69 Å². The van der Waals surface area contributed by atoms with Gasteiger partial charge >= 0.3 is 5.97 Å². The lowest BCUT2D eigenvalue weighted by Gasteiger charge is -2.28. The number of nitrogens with zero attached hydrogens (tertiary/aromatic N) is 1. The molecule has 4 heteroatoms. The molecule has 2 N–H and O–H groups in total. The van der Waals surface area contributed by atoms with Crippen LogP contribution < -0.4 is 0 Å². The monoisotopic (exact) mass is 272 g/mol. The van der Waals surface area contributed by atoms with E-state index in [9.17, 15) is 9.90 Å². The number of fused-ring (bicyclic) bond motifs is 1. The van der Waals surface area contributed by atoms with Crippen LogP contribution in [0.3, 0.4) is 0 Å². The number of nitrogens with one attached hydrogen (secondary N) is 1. The van der Waals surface area contributed by atoms with E-state index in [1.807, 2.05) is 30.5 Å². The molecular formula is C16H20N2O2. The molecule has 0 aliphatic carbocycles. The third-order valence-corrected chi connectivity index (χ3v) is 4.38. The van der Waals surface area contributed by atoms with E-state index < -0.39 is 12.0 Å². The third-order valence-electron chi connectivity index (χ3n) is 4.38. The van der Waals surface area contributed by atoms with Crippen LogP contribution in [0, 0.1) is 0 Å². The lowest BCUT2D eigenvalue weighted by atomic mass is 10.0. The Morgan fingerprint density at radius 1 is 1.50 bits per heavy atom. The fourth-order valence-electron chi connectivity index (χ4n) is 3.27. The maximum Gasteiger partial charge on any atom is 0.321 e. The minimum absolute atomic E-state index is 0.362. The number of aromatic amines is 1. The molecule has 0 spiro atoms. The number of H-pyrrole nitrogens is 1. The molecule has 0 radical (unpaired) electrons. The van der Waals surface area contributed by atoms with Crippen molar-refractivity contribution in [2.24, 2.45) is 0 Å². The van der Waals surface area contributed by atoms with Crippen molar-refractivity contribution in [1.82, 2.24) is 9.88 Å². The highest BCUT2D eigenvalue weighted by atomic mass is 16.4. The Kier molecular flexibility index (Phi) is 3.49. The smallest absolute Gasteiger partial charge is 0.321 e. The molecular weight excluding hydrogens is 252 g/mol. The van der Waals surface area contributed by atoms with Gasteiger partial charge in [0.1, 0.15) is 6.04 Å². The quantitative estimate of drug-likeness (QED) is 0.899. The van der Waals surface area contributed by atoms with Gasteiger partial charge in [-0.2, -0.15) is 0 Å². The van der Waals surface area contributed by atoms with Crippen LogP contribution in [0.5, 0.6) is 0 Å². The largest absolute Gasteiger partial charge is 0.480 e. The molecule has 0 amide bonds. The minimum Gasteiger partial charge on any atom is -0.480 e. The van der Waals surface area contributed by atoms with Gasteiger partial charge in [0.05, 0.1) is 0 Å². The second kappa shape index (κ2) is 5.29. The van der Waals surface area contributed by atoms with E-state index in [0.29, 0.717) is 12.5 Å². The molecule has 1 aliphatic heterocycles. The molecule has 3 rings (SSSR count). The topological polar surface area (TPSA) is 56.3 Å². The van der Waals surface area contributed by atoms with Crippen LogP contribution in [0.2, 0.25) is 0 Å². The van der Waals surface area contributed by atoms with E-state index in [2.05, 4.69) is 16.8 Å². The van der Waals surface area contributed by atoms with Gasteiger partial charge in [0.2, 0.25) is 0 Å². The number of carboxylic acids is 1. The summed E-state index contributed by atoms with van der Waals surface area (Å²) in [5.74, 6) is -0.718. The van der Waals surface area contributed by atoms with Gasteiger partial charge in [-0.05, 0) is 37.9 Å². The molecule has 1 fully saturated rings. The lowest BCUT2D eigenvalue weighted by Crippen LogP contribution is -2.44. The van der Waals surface area contributed by atoms with Crippen molar-refractivity contribution in [2.75, 3.05) is 6.54 Å². The van der Waals surface area contributed by atoms with Crippen molar-refractivity contribution < 1.29 is 9.90 Å². The van der Waals surface area contributed by atoms with E-state index in [-0.39, 0.29) is 0 Å². The first kappa shape index (κ1) is 13.2. The second-order valence-corrected chi connectivity index (χ2v) is 5.65. The predicted octanol–water partition coefficient (Wildman–Crippen LogP) is 2.65. The average Bonchev–Trinajstić information content (AvgIpc) is 3.02. The fraction of sp³-hybridized carbons (Fsp3) is 0.438. The normalized spacial score (nSPS) is 21.4. The van der Waals surface area contributed by atoms with Gasteiger partial charge in [0, 0.05) is 29.6 Å². The first-order valence-corrected chi connectivity index (χ1v) is 7.20. The van der Waals surface area contributed by atoms with Gasteiger partial charge in [-0.1, -0.05) is 18.2 Å². The second-order valence-electron chi connectivity index (χ2n) is 5.65. The minimum atomic E-state index is -0.718. The first-order valence-electron chi connectivity index (χ1n) is 7.20. The molecule has 0 saturated carbocycles. The Hall–Kier alpha value is -1.81. The molecule has 4 nitrogen and oxygen atoms in total. The van der Waals surface area contributed by atoms with Gasteiger partial charge in [0.15, 0.2) is 0 Å². The Bertz CT molecular complexity index is 620. The van der Waals surface area contributed by atoms with Gasteiger partial charge < -0.3 is 10.1 Å². The molecule has 2 atom stereocenters. The van der Waals surface area contributed by atoms with E-state index in [1.165, 1.54) is 0 Å². The highest BCUT2D eigenvalue weighted by Gasteiger charge is 2.32. The molecule has 20 heavy (non-hydrogen) atoms. The number of rotatable bonds is 4. The summed E-state index contributed by atoms with van der Waals surface area (Å²) in [6.45, 7) is 3.01. The Balaban J connectivity index is 1.88. The van der Waals surface area contributed by atoms with Crippen molar-refractivity contribution in [3.8, 4) is 0 Å². The number of benzene rings is 1. The summed E-state index contributed by atoms with van der Waals surface area (Å²) in [5.41, 5.74) is 2.16. The van der Waals surface area contributed by atoms with Gasteiger partial charge in [-0.15, -0.1) is 0 Å². The van der Waals surface area contributed by atoms with Crippen LogP contribution in [0.4, 0.5) is 0 Å². The van der Waals surface area contributed by atoms with Crippen LogP contribution in [0.1, 0.15) is 25.3 Å². The number of carbonyl (C=O) groups is 1. The number of likely N-dealkylation sites (tertiary alicyclic amines) is 1. The van der Waals surface area contributed by atoms with Crippen LogP contribution in [-0.2, 0) is 11.2 Å². The number of para-hydroxylation sites is 1. The molecule has 1 aromatic carbocycles. The molecule has 2 heterocycles. The zero-order valence-electron chi connectivity index (χ0n) is 11.7. The summed E-state index contributed by atoms with van der Waals surface area (Å²) in [5, 5.41) is 10.7. The van der Waals surface area contributed by atoms with E-state index in [0.717, 1.165) is 35.9 Å². The Labute approximate surface area is 118 Å². The maximum absolute atomic E-state index is 11.6. The molecule has 1 aromatic heterocycles. The predicted molar refractivity (Wildman–Crippen MR) is 78.8 cm³/mol. The van der Waals surface area contributed by atoms with Crippen molar-refractivity contribution in [3.63, 3.8) is 0 Å². The summed E-state index contributed by atoms with van der Waals surface area (Å²) >= 11 is 0. The number of aromatic nitrogens is 1. The lowest BCUT2D eigenvalue weighted by molar-refractivity contribution is -0.143. The molecule has 1 aliphatic rings. The van der Waals surface area contributed by atoms with E-state index >= 15 is 0 Å². The first-order chi connectivity index (χ1) is 9.66. The van der Waals surface area contributed by atoms with Crippen LogP contribution in [-0.4, -0.2) is 39.6 Å². The summed E-state index contributed by atoms with van der Waals surface area (Å²) in [6, 6.07) is 7.99. The molecule has 2 unspecified atom stereocenters. The summed E-state index contributed by atoms with van der Waals surface area (Å²) in [6.07, 6.45) is 4.70. The zero-order chi connectivity index (χ0) is 14.1. The van der Waals surface area contributed by atoms with Crippen LogP contribution in [0.15, 0.2) is 30.5 Å². The van der Waals surface area contributed by atoms with Gasteiger partial charge in [-0.25, -0.2) is 0 Å². The summed E-state index contributed by atoms with van der Waals surface area (Å²) in [4.78, 5) is 17.0.